The first-order chi connectivity index (χ1) is 20.1. The zero-order chi connectivity index (χ0) is 30.3. The highest BCUT2D eigenvalue weighted by Crippen LogP contribution is 2.27. The summed E-state index contributed by atoms with van der Waals surface area (Å²) < 4.78 is 39.5. The van der Waals surface area contributed by atoms with E-state index in [1.807, 2.05) is 19.1 Å². The van der Waals surface area contributed by atoms with Crippen molar-refractivity contribution >= 4 is 27.5 Å². The van der Waals surface area contributed by atoms with Crippen LogP contribution in [0.2, 0.25) is 0 Å². The van der Waals surface area contributed by atoms with Gasteiger partial charge < -0.3 is 19.7 Å². The first kappa shape index (κ1) is 30.9. The number of aryl methyl sites for hydroxylation is 1. The van der Waals surface area contributed by atoms with E-state index in [2.05, 4.69) is 5.32 Å². The van der Waals surface area contributed by atoms with Gasteiger partial charge in [0.05, 0.1) is 24.8 Å². The van der Waals surface area contributed by atoms with E-state index in [9.17, 15) is 18.0 Å². The van der Waals surface area contributed by atoms with E-state index in [1.165, 1.54) is 24.1 Å². The Kier molecular flexibility index (Phi) is 10.1. The van der Waals surface area contributed by atoms with Crippen LogP contribution in [0.5, 0.6) is 11.5 Å². The fraction of sp³-hybridized carbons (Fsp3) is 0.375. The number of rotatable bonds is 12. The zero-order valence-electron chi connectivity index (χ0n) is 24.6. The maximum atomic E-state index is 14.1. The number of hydrogen-bond donors (Lipinski definition) is 1. The van der Waals surface area contributed by atoms with Crippen LogP contribution in [0.1, 0.15) is 43.7 Å². The van der Waals surface area contributed by atoms with Crippen LogP contribution in [0.3, 0.4) is 0 Å². The highest BCUT2D eigenvalue weighted by Gasteiger charge is 2.33. The minimum atomic E-state index is -4.14. The largest absolute Gasteiger partial charge is 0.497 e. The van der Waals surface area contributed by atoms with Gasteiger partial charge in [0.2, 0.25) is 11.8 Å². The predicted octanol–water partition coefficient (Wildman–Crippen LogP) is 4.68. The molecular formula is C32H39N3O6S. The molecule has 9 nitrogen and oxygen atoms in total. The van der Waals surface area contributed by atoms with E-state index in [0.717, 1.165) is 41.1 Å². The molecule has 1 aliphatic rings. The van der Waals surface area contributed by atoms with E-state index in [4.69, 9.17) is 9.47 Å². The summed E-state index contributed by atoms with van der Waals surface area (Å²) in [7, 11) is -1.04. The van der Waals surface area contributed by atoms with Crippen LogP contribution in [0.15, 0.2) is 77.7 Å². The summed E-state index contributed by atoms with van der Waals surface area (Å²) in [4.78, 5) is 28.9. The average molecular weight is 594 g/mol. The van der Waals surface area contributed by atoms with Crippen molar-refractivity contribution in [3.63, 3.8) is 0 Å². The molecule has 1 atom stereocenters. The summed E-state index contributed by atoms with van der Waals surface area (Å²) in [6.45, 7) is 3.16. The molecular weight excluding hydrogens is 554 g/mol. The fourth-order valence-corrected chi connectivity index (χ4v) is 6.43. The van der Waals surface area contributed by atoms with Crippen molar-refractivity contribution in [3.05, 3.63) is 83.9 Å². The quantitative estimate of drug-likeness (QED) is 0.327. The lowest BCUT2D eigenvalue weighted by molar-refractivity contribution is -0.139. The summed E-state index contributed by atoms with van der Waals surface area (Å²) in [5.41, 5.74) is 1.99. The second-order valence-corrected chi connectivity index (χ2v) is 12.4. The highest BCUT2D eigenvalue weighted by atomic mass is 32.2. The van der Waals surface area contributed by atoms with Crippen molar-refractivity contribution in [2.75, 3.05) is 25.1 Å². The van der Waals surface area contributed by atoms with Crippen LogP contribution < -0.4 is 19.1 Å². The van der Waals surface area contributed by atoms with E-state index in [0.29, 0.717) is 17.2 Å². The summed E-state index contributed by atoms with van der Waals surface area (Å²) in [5, 5.41) is 3.08. The number of methoxy groups -OCH3 is 2. The third-order valence-corrected chi connectivity index (χ3v) is 9.42. The molecule has 1 fully saturated rings. The molecule has 0 spiro atoms. The molecule has 3 aromatic rings. The van der Waals surface area contributed by atoms with Gasteiger partial charge in [-0.2, -0.15) is 0 Å². The van der Waals surface area contributed by atoms with Crippen molar-refractivity contribution in [2.24, 2.45) is 0 Å². The van der Waals surface area contributed by atoms with Crippen LogP contribution in [0.4, 0.5) is 5.69 Å². The number of nitrogens with zero attached hydrogens (tertiary/aromatic N) is 2. The van der Waals surface area contributed by atoms with Gasteiger partial charge in [-0.1, -0.05) is 42.7 Å². The molecule has 2 amide bonds. The monoisotopic (exact) mass is 593 g/mol. The van der Waals surface area contributed by atoms with Crippen molar-refractivity contribution < 1.29 is 27.5 Å². The second-order valence-electron chi connectivity index (χ2n) is 10.6. The average Bonchev–Trinajstić information content (AvgIpc) is 3.51. The molecule has 1 N–H and O–H groups in total. The molecule has 0 aliphatic heterocycles. The molecule has 3 aromatic carbocycles. The van der Waals surface area contributed by atoms with Gasteiger partial charge in [0.15, 0.2) is 0 Å². The summed E-state index contributed by atoms with van der Waals surface area (Å²) in [5.74, 6) is 0.446. The molecule has 0 bridgehead atoms. The van der Waals surface area contributed by atoms with Crippen molar-refractivity contribution in [2.45, 2.75) is 63.1 Å². The Bertz CT molecular complexity index is 1450. The summed E-state index contributed by atoms with van der Waals surface area (Å²) in [6.07, 6.45) is 3.93. The third kappa shape index (κ3) is 7.42. The minimum absolute atomic E-state index is 0.0606. The number of sulfonamides is 1. The van der Waals surface area contributed by atoms with Crippen LogP contribution in [-0.4, -0.2) is 58.0 Å². The van der Waals surface area contributed by atoms with Crippen LogP contribution >= 0.6 is 0 Å². The van der Waals surface area contributed by atoms with Gasteiger partial charge >= 0.3 is 0 Å². The Morgan fingerprint density at radius 1 is 0.881 bits per heavy atom. The number of amides is 2. The lowest BCUT2D eigenvalue weighted by Gasteiger charge is -2.32. The van der Waals surface area contributed by atoms with E-state index in [-0.39, 0.29) is 23.4 Å². The number of carbonyl (C=O) groups excluding carboxylic acids is 2. The first-order valence-electron chi connectivity index (χ1n) is 14.1. The normalized spacial score (nSPS) is 14.2. The van der Waals surface area contributed by atoms with E-state index in [1.54, 1.807) is 62.6 Å². The Morgan fingerprint density at radius 3 is 1.98 bits per heavy atom. The Hall–Kier alpha value is -4.05. The van der Waals surface area contributed by atoms with Gasteiger partial charge in [-0.05, 0) is 80.8 Å². The van der Waals surface area contributed by atoms with Gasteiger partial charge in [-0.25, -0.2) is 8.42 Å². The third-order valence-electron chi connectivity index (χ3n) is 7.63. The van der Waals surface area contributed by atoms with Crippen molar-refractivity contribution in [1.29, 1.82) is 0 Å². The number of carbonyl (C=O) groups is 2. The van der Waals surface area contributed by atoms with Crippen LogP contribution in [0, 0.1) is 6.92 Å². The number of ether oxygens (including phenoxy) is 2. The van der Waals surface area contributed by atoms with Crippen molar-refractivity contribution in [3.8, 4) is 11.5 Å². The molecule has 0 unspecified atom stereocenters. The predicted molar refractivity (Wildman–Crippen MR) is 162 cm³/mol. The smallest absolute Gasteiger partial charge is 0.264 e. The molecule has 0 radical (unpaired) electrons. The highest BCUT2D eigenvalue weighted by molar-refractivity contribution is 7.92. The van der Waals surface area contributed by atoms with Gasteiger partial charge in [-0.3, -0.25) is 13.9 Å². The Morgan fingerprint density at radius 2 is 1.43 bits per heavy atom. The SMILES string of the molecule is COc1ccc(CN(C(=O)CN(c2ccc(OC)cc2)S(=O)(=O)c2ccc(C)cc2)[C@H](C)C(=O)NC2CCCC2)cc1. The molecule has 0 aromatic heterocycles. The fourth-order valence-electron chi connectivity index (χ4n) is 5.02. The molecule has 224 valence electrons. The maximum Gasteiger partial charge on any atom is 0.264 e. The van der Waals surface area contributed by atoms with Crippen molar-refractivity contribution in [1.82, 2.24) is 10.2 Å². The first-order valence-corrected chi connectivity index (χ1v) is 15.5. The molecule has 0 heterocycles. The molecule has 10 heteroatoms. The second kappa shape index (κ2) is 13.7. The Balaban J connectivity index is 1.68. The summed E-state index contributed by atoms with van der Waals surface area (Å²) in [6, 6.07) is 19.4. The van der Waals surface area contributed by atoms with Gasteiger partial charge in [0.25, 0.3) is 10.0 Å². The molecule has 4 rings (SSSR count). The molecule has 42 heavy (non-hydrogen) atoms. The van der Waals surface area contributed by atoms with Gasteiger partial charge in [-0.15, -0.1) is 0 Å². The summed E-state index contributed by atoms with van der Waals surface area (Å²) >= 11 is 0. The topological polar surface area (TPSA) is 105 Å². The van der Waals surface area contributed by atoms with Crippen LogP contribution in [0.25, 0.3) is 0 Å². The standard InChI is InChI=1S/C32H39N3O6S/c1-23-9-19-30(20-10-23)42(38,39)35(27-13-17-29(41-4)18-14-27)22-31(36)34(21-25-11-15-28(40-3)16-12-25)24(2)32(37)33-26-7-5-6-8-26/h9-20,24,26H,5-8,21-22H2,1-4H3,(H,33,37)/t24-/m1/s1. The number of benzene rings is 3. The number of hydrogen-bond acceptors (Lipinski definition) is 6. The van der Waals surface area contributed by atoms with Crippen LogP contribution in [-0.2, 0) is 26.2 Å². The zero-order valence-corrected chi connectivity index (χ0v) is 25.4. The lowest BCUT2D eigenvalue weighted by Crippen LogP contribution is -2.52. The van der Waals surface area contributed by atoms with Gasteiger partial charge in [0.1, 0.15) is 24.1 Å². The maximum absolute atomic E-state index is 14.1. The Labute approximate surface area is 248 Å². The van der Waals surface area contributed by atoms with E-state index < -0.39 is 28.5 Å². The molecule has 1 saturated carbocycles. The number of nitrogens with one attached hydrogen (secondary N) is 1. The minimum Gasteiger partial charge on any atom is -0.497 e. The van der Waals surface area contributed by atoms with Gasteiger partial charge in [0, 0.05) is 12.6 Å². The van der Waals surface area contributed by atoms with E-state index >= 15 is 0 Å². The molecule has 1 aliphatic carbocycles. The molecule has 0 saturated heterocycles. The lowest BCUT2D eigenvalue weighted by atomic mass is 10.1. The number of anilines is 1.